The zero-order valence-electron chi connectivity index (χ0n) is 9.83. The maximum Gasteiger partial charge on any atom is -0.0106 e. The molecule has 2 aliphatic rings. The molecule has 0 radical (unpaired) electrons. The van der Waals surface area contributed by atoms with Gasteiger partial charge in [0.15, 0.2) is 0 Å². The minimum atomic E-state index is 0.755. The van der Waals surface area contributed by atoms with Crippen LogP contribution in [0.25, 0.3) is 0 Å². The summed E-state index contributed by atoms with van der Waals surface area (Å²) in [5, 5.41) is 0. The molecule has 0 spiro atoms. The van der Waals surface area contributed by atoms with Gasteiger partial charge in [-0.2, -0.15) is 0 Å². The van der Waals surface area contributed by atoms with Gasteiger partial charge in [0.1, 0.15) is 0 Å². The second kappa shape index (κ2) is 3.56. The minimum absolute atomic E-state index is 0.755. The van der Waals surface area contributed by atoms with E-state index in [4.69, 9.17) is 0 Å². The van der Waals surface area contributed by atoms with Crippen molar-refractivity contribution in [2.75, 3.05) is 0 Å². The molecular weight excluding hydrogens is 168 g/mol. The predicted octanol–water partition coefficient (Wildman–Crippen LogP) is 4.05. The zero-order valence-corrected chi connectivity index (χ0v) is 9.83. The zero-order chi connectivity index (χ0) is 10.3. The Balaban J connectivity index is 2.33. The predicted molar refractivity (Wildman–Crippen MR) is 62.0 cm³/mol. The molecule has 0 saturated carbocycles. The molecule has 5 unspecified atom stereocenters. The van der Waals surface area contributed by atoms with E-state index in [1.807, 2.05) is 0 Å². The minimum Gasteiger partial charge on any atom is -0.0811 e. The fourth-order valence-electron chi connectivity index (χ4n) is 3.06. The van der Waals surface area contributed by atoms with Gasteiger partial charge in [-0.25, -0.2) is 0 Å². The summed E-state index contributed by atoms with van der Waals surface area (Å²) < 4.78 is 0. The van der Waals surface area contributed by atoms with Gasteiger partial charge in [0.25, 0.3) is 0 Å². The number of allylic oxidation sites excluding steroid dienone is 4. The first-order chi connectivity index (χ1) is 6.61. The van der Waals surface area contributed by atoms with Gasteiger partial charge >= 0.3 is 0 Å². The Bertz CT molecular complexity index is 272. The fourth-order valence-corrected chi connectivity index (χ4v) is 3.06. The highest BCUT2D eigenvalue weighted by Crippen LogP contribution is 2.44. The van der Waals surface area contributed by atoms with E-state index in [9.17, 15) is 0 Å². The molecule has 14 heavy (non-hydrogen) atoms. The van der Waals surface area contributed by atoms with E-state index in [2.05, 4.69) is 45.9 Å². The first-order valence-corrected chi connectivity index (χ1v) is 5.99. The summed E-state index contributed by atoms with van der Waals surface area (Å²) in [6, 6.07) is 0. The Morgan fingerprint density at radius 3 is 2.50 bits per heavy atom. The molecule has 0 saturated heterocycles. The average Bonchev–Trinajstić information content (AvgIpc) is 2.17. The van der Waals surface area contributed by atoms with E-state index in [0.29, 0.717) is 0 Å². The van der Waals surface area contributed by atoms with E-state index in [1.165, 1.54) is 6.42 Å². The molecule has 0 amide bonds. The van der Waals surface area contributed by atoms with Crippen molar-refractivity contribution in [1.29, 1.82) is 0 Å². The second-order valence-electron chi connectivity index (χ2n) is 5.38. The van der Waals surface area contributed by atoms with Gasteiger partial charge in [-0.3, -0.25) is 0 Å². The van der Waals surface area contributed by atoms with Crippen molar-refractivity contribution < 1.29 is 0 Å². The van der Waals surface area contributed by atoms with Crippen molar-refractivity contribution in [1.82, 2.24) is 0 Å². The lowest BCUT2D eigenvalue weighted by Gasteiger charge is -2.41. The summed E-state index contributed by atoms with van der Waals surface area (Å²) in [5.74, 6) is 4.12. The van der Waals surface area contributed by atoms with Gasteiger partial charge in [-0.15, -0.1) is 0 Å². The lowest BCUT2D eigenvalue weighted by atomic mass is 9.63. The number of rotatable bonds is 0. The molecular formula is C14H22. The first kappa shape index (κ1) is 10.0. The molecule has 5 atom stereocenters. The van der Waals surface area contributed by atoms with Crippen molar-refractivity contribution in [3.05, 3.63) is 23.8 Å². The monoisotopic (exact) mass is 190 g/mol. The lowest BCUT2D eigenvalue weighted by molar-refractivity contribution is 0.185. The van der Waals surface area contributed by atoms with Crippen molar-refractivity contribution in [3.8, 4) is 0 Å². The van der Waals surface area contributed by atoms with Gasteiger partial charge < -0.3 is 0 Å². The summed E-state index contributed by atoms with van der Waals surface area (Å²) in [4.78, 5) is 0. The lowest BCUT2D eigenvalue weighted by Crippen LogP contribution is -2.33. The van der Waals surface area contributed by atoms with Crippen molar-refractivity contribution in [2.45, 2.75) is 34.1 Å². The maximum absolute atomic E-state index is 2.47. The molecule has 0 heteroatoms. The van der Waals surface area contributed by atoms with Crippen LogP contribution in [0.5, 0.6) is 0 Å². The van der Waals surface area contributed by atoms with Crippen LogP contribution in [0, 0.1) is 29.6 Å². The molecule has 0 N–H and O–H groups in total. The third kappa shape index (κ3) is 1.45. The van der Waals surface area contributed by atoms with Crippen LogP contribution in [0.1, 0.15) is 34.1 Å². The third-order valence-corrected chi connectivity index (χ3v) is 4.56. The first-order valence-electron chi connectivity index (χ1n) is 5.99. The third-order valence-electron chi connectivity index (χ3n) is 4.56. The van der Waals surface area contributed by atoms with Crippen LogP contribution >= 0.6 is 0 Å². The van der Waals surface area contributed by atoms with Gasteiger partial charge in [0.05, 0.1) is 0 Å². The Hall–Kier alpha value is -0.520. The van der Waals surface area contributed by atoms with E-state index < -0.39 is 0 Å². The van der Waals surface area contributed by atoms with Crippen LogP contribution in [0.15, 0.2) is 23.8 Å². The molecule has 2 aliphatic carbocycles. The maximum atomic E-state index is 2.47. The van der Waals surface area contributed by atoms with E-state index in [0.717, 1.165) is 29.6 Å². The molecule has 0 aliphatic heterocycles. The van der Waals surface area contributed by atoms with Crippen LogP contribution < -0.4 is 0 Å². The van der Waals surface area contributed by atoms with E-state index >= 15 is 0 Å². The van der Waals surface area contributed by atoms with Crippen molar-refractivity contribution in [3.63, 3.8) is 0 Å². The van der Waals surface area contributed by atoms with Crippen LogP contribution in [-0.4, -0.2) is 0 Å². The fraction of sp³-hybridized carbons (Fsp3) is 0.714. The summed E-state index contributed by atoms with van der Waals surface area (Å²) >= 11 is 0. The van der Waals surface area contributed by atoms with Crippen molar-refractivity contribution in [2.24, 2.45) is 29.6 Å². The Morgan fingerprint density at radius 1 is 1.07 bits per heavy atom. The van der Waals surface area contributed by atoms with Gasteiger partial charge in [0.2, 0.25) is 0 Å². The van der Waals surface area contributed by atoms with Crippen LogP contribution in [0.2, 0.25) is 0 Å². The molecule has 0 bridgehead atoms. The Labute approximate surface area is 88.1 Å². The molecule has 0 aromatic rings. The normalized spacial score (nSPS) is 47.1. The standard InChI is InChI=1S/C14H22/c1-9-5-7-13-8-6-10(2)12(4)14(13)11(9)3/h5,7-12,14H,6H2,1-4H3. The molecule has 0 heterocycles. The molecule has 78 valence electrons. The molecule has 2 rings (SSSR count). The second-order valence-corrected chi connectivity index (χ2v) is 5.38. The molecule has 0 aromatic heterocycles. The average molecular weight is 190 g/mol. The highest BCUT2D eigenvalue weighted by Gasteiger charge is 2.35. The van der Waals surface area contributed by atoms with Crippen LogP contribution in [-0.2, 0) is 0 Å². The van der Waals surface area contributed by atoms with Gasteiger partial charge in [-0.1, -0.05) is 45.9 Å². The summed E-state index contributed by atoms with van der Waals surface area (Å²) in [7, 11) is 0. The quantitative estimate of drug-likeness (QED) is 0.540. The van der Waals surface area contributed by atoms with Crippen LogP contribution in [0.4, 0.5) is 0 Å². The summed E-state index contributed by atoms with van der Waals surface area (Å²) in [6.45, 7) is 9.60. The number of fused-ring (bicyclic) bond motifs is 1. The highest BCUT2D eigenvalue weighted by molar-refractivity contribution is 5.29. The molecule has 0 fully saturated rings. The van der Waals surface area contributed by atoms with Gasteiger partial charge in [-0.05, 0) is 41.6 Å². The number of hydrogen-bond acceptors (Lipinski definition) is 0. The summed E-state index contributed by atoms with van der Waals surface area (Å²) in [5.41, 5.74) is 1.61. The Morgan fingerprint density at radius 2 is 1.79 bits per heavy atom. The molecule has 0 aromatic carbocycles. The van der Waals surface area contributed by atoms with Gasteiger partial charge in [0, 0.05) is 0 Å². The Kier molecular flexibility index (Phi) is 2.55. The van der Waals surface area contributed by atoms with E-state index in [-0.39, 0.29) is 0 Å². The number of hydrogen-bond donors (Lipinski definition) is 0. The SMILES string of the molecule is CC1C=CC2=CCC(C)C(C)C2C1C. The summed E-state index contributed by atoms with van der Waals surface area (Å²) in [6.07, 6.45) is 8.50. The molecule has 0 nitrogen and oxygen atoms in total. The van der Waals surface area contributed by atoms with Crippen molar-refractivity contribution >= 4 is 0 Å². The smallest absolute Gasteiger partial charge is 0.0106 e. The van der Waals surface area contributed by atoms with E-state index in [1.54, 1.807) is 5.57 Å². The highest BCUT2D eigenvalue weighted by atomic mass is 14.4. The largest absolute Gasteiger partial charge is 0.0811 e. The van der Waals surface area contributed by atoms with Crippen LogP contribution in [0.3, 0.4) is 0 Å². The topological polar surface area (TPSA) is 0 Å².